The van der Waals surface area contributed by atoms with E-state index in [9.17, 15) is 49.3 Å². The fourth-order valence-electron chi connectivity index (χ4n) is 5.83. The molecule has 2 N–H and O–H groups in total. The van der Waals surface area contributed by atoms with E-state index < -0.39 is 98.4 Å². The zero-order valence-electron chi connectivity index (χ0n) is 20.1. The minimum absolute atomic E-state index is 0.0742. The van der Waals surface area contributed by atoms with E-state index in [0.717, 1.165) is 24.6 Å². The highest BCUT2D eigenvalue weighted by atomic mass is 32.2. The molecule has 3 unspecified atom stereocenters. The molecular formula is C22H21F8N5O3S. The van der Waals surface area contributed by atoms with Crippen molar-refractivity contribution in [1.29, 1.82) is 4.78 Å². The molecule has 0 radical (unpaired) electrons. The van der Waals surface area contributed by atoms with Gasteiger partial charge in [0.2, 0.25) is 5.92 Å². The molecule has 3 fully saturated rings. The topological polar surface area (TPSA) is 115 Å². The molecule has 3 saturated carbocycles. The number of rotatable bonds is 6. The maximum Gasteiger partial charge on any atom is 0.420 e. The molecule has 0 bridgehead atoms. The normalized spacial score (nSPS) is 27.6. The van der Waals surface area contributed by atoms with Gasteiger partial charge in [0.05, 0.1) is 16.8 Å². The van der Waals surface area contributed by atoms with Crippen molar-refractivity contribution < 1.29 is 48.9 Å². The molecule has 2 aromatic rings. The number of hydrogen-bond donors (Lipinski definition) is 2. The summed E-state index contributed by atoms with van der Waals surface area (Å²) < 4.78 is 133. The van der Waals surface area contributed by atoms with Crippen LogP contribution in [-0.4, -0.2) is 38.3 Å². The molecule has 0 spiro atoms. The Balaban J connectivity index is 1.60. The molecule has 39 heavy (non-hydrogen) atoms. The van der Waals surface area contributed by atoms with Crippen LogP contribution in [0.15, 0.2) is 23.4 Å². The lowest BCUT2D eigenvalue weighted by Crippen LogP contribution is -2.33. The SMILES string of the molecule is CS(=N)(=O)c1cc(NC(=O)c2c(C(F)(F)F)c(C3CC3)nn2CC23CC(F)(F)CC2(C(F)(F)F)C3)cc[n+]1[O-]. The molecule has 2 aromatic heterocycles. The smallest absolute Gasteiger partial charge is 0.420 e. The van der Waals surface area contributed by atoms with Gasteiger partial charge in [0.15, 0.2) is 6.20 Å². The van der Waals surface area contributed by atoms with Gasteiger partial charge in [-0.25, -0.2) is 17.8 Å². The van der Waals surface area contributed by atoms with E-state index >= 15 is 0 Å². The summed E-state index contributed by atoms with van der Waals surface area (Å²) in [5, 5.41) is 17.2. The molecule has 3 atom stereocenters. The number of amides is 1. The van der Waals surface area contributed by atoms with Gasteiger partial charge in [-0.1, -0.05) is 0 Å². The van der Waals surface area contributed by atoms with Crippen molar-refractivity contribution in [3.8, 4) is 0 Å². The molecule has 214 valence electrons. The summed E-state index contributed by atoms with van der Waals surface area (Å²) >= 11 is 0. The van der Waals surface area contributed by atoms with Gasteiger partial charge in [0.1, 0.15) is 21.0 Å². The number of carbonyl (C=O) groups is 1. The third-order valence-electron chi connectivity index (χ3n) is 7.67. The third-order valence-corrected chi connectivity index (χ3v) is 8.76. The summed E-state index contributed by atoms with van der Waals surface area (Å²) in [7, 11) is -3.62. The van der Waals surface area contributed by atoms with Crippen molar-refractivity contribution in [2.45, 2.75) is 67.9 Å². The van der Waals surface area contributed by atoms with Crippen LogP contribution in [0.1, 0.15) is 59.8 Å². The fourth-order valence-corrected chi connectivity index (χ4v) is 6.59. The number of hydrogen-bond acceptors (Lipinski definition) is 5. The van der Waals surface area contributed by atoms with Crippen molar-refractivity contribution >= 4 is 21.3 Å². The zero-order chi connectivity index (χ0) is 29.0. The Hall–Kier alpha value is -2.98. The quantitative estimate of drug-likeness (QED) is 0.279. The molecule has 3 aliphatic carbocycles. The van der Waals surface area contributed by atoms with E-state index in [0.29, 0.717) is 4.68 Å². The lowest BCUT2D eigenvalue weighted by atomic mass is 9.95. The second kappa shape index (κ2) is 8.04. The van der Waals surface area contributed by atoms with Crippen LogP contribution in [0.4, 0.5) is 40.8 Å². The standard InChI is InChI=1S/C22H21F8N5O3S/c1-39(31,38)13-6-12(4-5-35(13)37)32-17(36)16-14(21(25,26)27)15(11-2-3-11)33-34(16)10-18-7-19(18,22(28,29)30)9-20(23,24)8-18/h4-6,11,31H,2-3,7-10H2,1H3,(H,32,36). The molecular weight excluding hydrogens is 566 g/mol. The summed E-state index contributed by atoms with van der Waals surface area (Å²) in [6, 6.07) is 1.78. The molecule has 2 heterocycles. The number of pyridine rings is 1. The number of alkyl halides is 8. The molecule has 0 aliphatic heterocycles. The molecule has 0 saturated heterocycles. The Kier molecular flexibility index (Phi) is 5.68. The fraction of sp³-hybridized carbons (Fsp3) is 0.591. The number of carbonyl (C=O) groups excluding carboxylic acids is 1. The number of nitrogens with one attached hydrogen (secondary N) is 2. The van der Waals surface area contributed by atoms with Crippen LogP contribution in [0.25, 0.3) is 0 Å². The predicted molar refractivity (Wildman–Crippen MR) is 117 cm³/mol. The van der Waals surface area contributed by atoms with Gasteiger partial charge >= 0.3 is 12.4 Å². The Morgan fingerprint density at radius 3 is 2.41 bits per heavy atom. The van der Waals surface area contributed by atoms with Crippen molar-refractivity contribution in [2.75, 3.05) is 11.6 Å². The van der Waals surface area contributed by atoms with E-state index in [1.165, 1.54) is 0 Å². The van der Waals surface area contributed by atoms with Gasteiger partial charge in [0.25, 0.3) is 10.9 Å². The molecule has 3 aliphatic rings. The first kappa shape index (κ1) is 27.6. The van der Waals surface area contributed by atoms with E-state index in [2.05, 4.69) is 10.4 Å². The van der Waals surface area contributed by atoms with E-state index in [1.807, 2.05) is 0 Å². The number of aromatic nitrogens is 3. The van der Waals surface area contributed by atoms with Crippen LogP contribution in [0.2, 0.25) is 0 Å². The van der Waals surface area contributed by atoms with Crippen molar-refractivity contribution in [3.05, 3.63) is 40.5 Å². The Morgan fingerprint density at radius 2 is 1.87 bits per heavy atom. The highest BCUT2D eigenvalue weighted by Crippen LogP contribution is 2.82. The number of anilines is 1. The maximum atomic E-state index is 14.2. The highest BCUT2D eigenvalue weighted by molar-refractivity contribution is 7.91. The largest absolute Gasteiger partial charge is 0.618 e. The monoisotopic (exact) mass is 587 g/mol. The lowest BCUT2D eigenvalue weighted by Gasteiger charge is -2.21. The molecule has 17 heteroatoms. The van der Waals surface area contributed by atoms with Crippen LogP contribution in [0, 0.1) is 20.8 Å². The molecule has 8 nitrogen and oxygen atoms in total. The number of halogens is 8. The van der Waals surface area contributed by atoms with E-state index in [4.69, 9.17) is 4.78 Å². The average Bonchev–Trinajstić information content (AvgIpc) is 3.63. The minimum Gasteiger partial charge on any atom is -0.618 e. The van der Waals surface area contributed by atoms with Gasteiger partial charge in [-0.15, -0.1) is 0 Å². The van der Waals surface area contributed by atoms with Gasteiger partial charge in [-0.05, 0) is 19.3 Å². The van der Waals surface area contributed by atoms with Gasteiger partial charge in [-0.3, -0.25) is 9.48 Å². The summed E-state index contributed by atoms with van der Waals surface area (Å²) in [6.45, 7) is -0.989. The van der Waals surface area contributed by atoms with Crippen molar-refractivity contribution in [2.24, 2.45) is 10.8 Å². The van der Waals surface area contributed by atoms with Gasteiger partial charge < -0.3 is 10.5 Å². The summed E-state index contributed by atoms with van der Waals surface area (Å²) in [6.07, 6.45) is -11.4. The predicted octanol–water partition coefficient (Wildman–Crippen LogP) is 5.07. The van der Waals surface area contributed by atoms with Crippen LogP contribution in [0.3, 0.4) is 0 Å². The molecule has 1 amide bonds. The van der Waals surface area contributed by atoms with Crippen LogP contribution in [0.5, 0.6) is 0 Å². The zero-order valence-corrected chi connectivity index (χ0v) is 20.9. The average molecular weight is 587 g/mol. The van der Waals surface area contributed by atoms with E-state index in [1.54, 1.807) is 0 Å². The Morgan fingerprint density at radius 1 is 1.23 bits per heavy atom. The number of fused-ring (bicyclic) bond motifs is 1. The van der Waals surface area contributed by atoms with E-state index in [-0.39, 0.29) is 23.3 Å². The third kappa shape index (κ3) is 4.51. The van der Waals surface area contributed by atoms with Gasteiger partial charge in [-0.2, -0.15) is 36.2 Å². The van der Waals surface area contributed by atoms with Crippen molar-refractivity contribution in [1.82, 2.24) is 9.78 Å². The minimum atomic E-state index is -5.16. The Bertz CT molecular complexity index is 1480. The first-order valence-corrected chi connectivity index (χ1v) is 13.6. The second-order valence-electron chi connectivity index (χ2n) is 10.7. The summed E-state index contributed by atoms with van der Waals surface area (Å²) in [5.41, 5.74) is -8.46. The molecule has 0 aromatic carbocycles. The van der Waals surface area contributed by atoms with Crippen LogP contribution in [-0.2, 0) is 22.5 Å². The van der Waals surface area contributed by atoms with Crippen LogP contribution < -0.4 is 10.0 Å². The summed E-state index contributed by atoms with van der Waals surface area (Å²) in [4.78, 5) is 13.3. The highest BCUT2D eigenvalue weighted by Gasteiger charge is 2.86. The van der Waals surface area contributed by atoms with Crippen LogP contribution >= 0.6 is 0 Å². The second-order valence-corrected chi connectivity index (χ2v) is 12.8. The van der Waals surface area contributed by atoms with Gasteiger partial charge in [0, 0.05) is 49.1 Å². The lowest BCUT2D eigenvalue weighted by molar-refractivity contribution is -0.646. The first-order valence-electron chi connectivity index (χ1n) is 11.6. The molecule has 5 rings (SSSR count). The maximum absolute atomic E-state index is 14.2. The summed E-state index contributed by atoms with van der Waals surface area (Å²) in [5.74, 6) is -5.88. The van der Waals surface area contributed by atoms with Crippen molar-refractivity contribution in [3.63, 3.8) is 0 Å². The Labute approximate surface area is 215 Å². The first-order chi connectivity index (χ1) is 17.7. The number of nitrogens with zero attached hydrogens (tertiary/aromatic N) is 3.